The molecule has 1 atom stereocenters. The van der Waals surface area contributed by atoms with Gasteiger partial charge < -0.3 is 14.2 Å². The van der Waals surface area contributed by atoms with Gasteiger partial charge in [0.1, 0.15) is 13.2 Å². The normalized spacial score (nSPS) is 12.4. The van der Waals surface area contributed by atoms with Crippen LogP contribution >= 0.6 is 0 Å². The lowest BCUT2D eigenvalue weighted by atomic mass is 10.0. The van der Waals surface area contributed by atoms with E-state index in [1.165, 1.54) is 218 Å². The summed E-state index contributed by atoms with van der Waals surface area (Å²) in [6.45, 7) is 6.65. The van der Waals surface area contributed by atoms with Gasteiger partial charge >= 0.3 is 17.9 Å². The maximum atomic E-state index is 12.9. The Balaban J connectivity index is 4.36. The van der Waals surface area contributed by atoms with Crippen molar-refractivity contribution in [2.45, 2.75) is 354 Å². The Morgan fingerprint density at radius 1 is 0.263 bits per heavy atom. The van der Waals surface area contributed by atoms with E-state index in [1.807, 2.05) is 0 Å². The summed E-state index contributed by atoms with van der Waals surface area (Å²) in [4.78, 5) is 38.4. The number of ether oxygens (including phenoxy) is 3. The minimum atomic E-state index is -0.780. The average molecular weight is 1060 g/mol. The molecule has 0 bridgehead atoms. The van der Waals surface area contributed by atoms with Gasteiger partial charge in [-0.1, -0.05) is 300 Å². The zero-order chi connectivity index (χ0) is 55.0. The summed E-state index contributed by atoms with van der Waals surface area (Å²) in [7, 11) is 0. The van der Waals surface area contributed by atoms with Gasteiger partial charge in [0.2, 0.25) is 0 Å². The maximum Gasteiger partial charge on any atom is 0.306 e. The molecule has 0 aromatic heterocycles. The zero-order valence-corrected chi connectivity index (χ0v) is 50.8. The average Bonchev–Trinajstić information content (AvgIpc) is 3.42. The van der Waals surface area contributed by atoms with E-state index in [2.05, 4.69) is 81.5 Å². The number of hydrogen-bond acceptors (Lipinski definition) is 6. The predicted octanol–water partition coefficient (Wildman–Crippen LogP) is 22.7. The third-order valence-electron chi connectivity index (χ3n) is 14.7. The van der Waals surface area contributed by atoms with E-state index in [4.69, 9.17) is 14.2 Å². The van der Waals surface area contributed by atoms with E-state index in [-0.39, 0.29) is 31.1 Å². The van der Waals surface area contributed by atoms with Gasteiger partial charge in [0.05, 0.1) is 0 Å². The van der Waals surface area contributed by atoms with Crippen LogP contribution in [0.3, 0.4) is 0 Å². The lowest BCUT2D eigenvalue weighted by Gasteiger charge is -2.18. The van der Waals surface area contributed by atoms with Gasteiger partial charge in [0.25, 0.3) is 0 Å². The van der Waals surface area contributed by atoms with Crippen molar-refractivity contribution in [3.05, 3.63) is 60.8 Å². The van der Waals surface area contributed by atoms with Crippen molar-refractivity contribution >= 4 is 17.9 Å². The molecule has 0 rings (SSSR count). The molecule has 76 heavy (non-hydrogen) atoms. The molecule has 1 unspecified atom stereocenters. The van der Waals surface area contributed by atoms with Gasteiger partial charge in [-0.25, -0.2) is 0 Å². The number of carbonyl (C=O) groups is 3. The van der Waals surface area contributed by atoms with Crippen LogP contribution in [-0.2, 0) is 28.6 Å². The number of rotatable bonds is 61. The van der Waals surface area contributed by atoms with Gasteiger partial charge in [-0.05, 0) is 89.9 Å². The van der Waals surface area contributed by atoms with E-state index >= 15 is 0 Å². The first-order valence-electron chi connectivity index (χ1n) is 33.3. The Morgan fingerprint density at radius 2 is 0.474 bits per heavy atom. The molecule has 0 radical (unpaired) electrons. The lowest BCUT2D eigenvalue weighted by Crippen LogP contribution is -2.30. The maximum absolute atomic E-state index is 12.9. The van der Waals surface area contributed by atoms with Crippen LogP contribution in [0.4, 0.5) is 0 Å². The first kappa shape index (κ1) is 73.1. The molecule has 0 aliphatic rings. The highest BCUT2D eigenvalue weighted by Crippen LogP contribution is 2.17. The third-order valence-corrected chi connectivity index (χ3v) is 14.7. The fraction of sp³-hybridized carbons (Fsp3) is 0.814. The number of unbranched alkanes of at least 4 members (excludes halogenated alkanes) is 40. The molecule has 0 heterocycles. The minimum Gasteiger partial charge on any atom is -0.462 e. The molecule has 0 aromatic rings. The van der Waals surface area contributed by atoms with Crippen molar-refractivity contribution in [2.24, 2.45) is 0 Å². The first-order chi connectivity index (χ1) is 37.5. The standard InChI is InChI=1S/C70H126O6/c1-4-7-10-13-16-19-22-25-28-31-33-34-35-36-37-40-42-45-48-51-54-57-60-63-69(72)75-66-67(65-74-68(71)62-59-56-53-50-47-44-41-38-30-27-24-21-18-15-12-9-6-3)76-70(73)64-61-58-55-52-49-46-43-39-32-29-26-23-20-17-14-11-8-5-2/h18,21-22,25,27,30-31,33,35-36,67H,4-17,19-20,23-24,26,28-29,32,34,37-66H2,1-3H3/b21-18-,25-22-,30-27-,33-31-,36-35-. The summed E-state index contributed by atoms with van der Waals surface area (Å²) in [6.07, 6.45) is 82.2. The van der Waals surface area contributed by atoms with E-state index < -0.39 is 6.10 Å². The monoisotopic (exact) mass is 1060 g/mol. The predicted molar refractivity (Wildman–Crippen MR) is 330 cm³/mol. The molecule has 0 saturated carbocycles. The molecular formula is C70H126O6. The van der Waals surface area contributed by atoms with E-state index in [0.29, 0.717) is 19.3 Å². The molecule has 0 saturated heterocycles. The third kappa shape index (κ3) is 62.0. The molecule has 0 spiro atoms. The van der Waals surface area contributed by atoms with Crippen molar-refractivity contribution in [1.82, 2.24) is 0 Å². The molecule has 442 valence electrons. The van der Waals surface area contributed by atoms with Crippen LogP contribution in [0.15, 0.2) is 60.8 Å². The van der Waals surface area contributed by atoms with Gasteiger partial charge in [0, 0.05) is 19.3 Å². The molecule has 0 N–H and O–H groups in total. The fourth-order valence-electron chi connectivity index (χ4n) is 9.72. The largest absolute Gasteiger partial charge is 0.462 e. The van der Waals surface area contributed by atoms with E-state index in [0.717, 1.165) is 89.9 Å². The first-order valence-corrected chi connectivity index (χ1v) is 33.3. The van der Waals surface area contributed by atoms with E-state index in [1.54, 1.807) is 0 Å². The molecule has 0 aliphatic carbocycles. The number of carbonyl (C=O) groups excluding carboxylic acids is 3. The van der Waals surface area contributed by atoms with Gasteiger partial charge in [-0.15, -0.1) is 0 Å². The summed E-state index contributed by atoms with van der Waals surface area (Å²) in [6, 6.07) is 0. The van der Waals surface area contributed by atoms with Crippen molar-refractivity contribution in [2.75, 3.05) is 13.2 Å². The van der Waals surface area contributed by atoms with Crippen molar-refractivity contribution < 1.29 is 28.6 Å². The molecule has 0 aliphatic heterocycles. The molecule has 6 heteroatoms. The molecule has 0 amide bonds. The van der Waals surface area contributed by atoms with Crippen LogP contribution in [-0.4, -0.2) is 37.2 Å². The van der Waals surface area contributed by atoms with Crippen LogP contribution in [0.2, 0.25) is 0 Å². The van der Waals surface area contributed by atoms with Crippen LogP contribution < -0.4 is 0 Å². The Morgan fingerprint density at radius 3 is 0.763 bits per heavy atom. The summed E-state index contributed by atoms with van der Waals surface area (Å²) in [5.74, 6) is -0.870. The zero-order valence-electron chi connectivity index (χ0n) is 50.8. The van der Waals surface area contributed by atoms with Crippen molar-refractivity contribution in [3.63, 3.8) is 0 Å². The van der Waals surface area contributed by atoms with Crippen molar-refractivity contribution in [3.8, 4) is 0 Å². The minimum absolute atomic E-state index is 0.0776. The summed E-state index contributed by atoms with van der Waals surface area (Å²) in [5.41, 5.74) is 0. The lowest BCUT2D eigenvalue weighted by molar-refractivity contribution is -0.167. The van der Waals surface area contributed by atoms with Crippen LogP contribution in [0.25, 0.3) is 0 Å². The highest BCUT2D eigenvalue weighted by atomic mass is 16.6. The number of hydrogen-bond donors (Lipinski definition) is 0. The summed E-state index contributed by atoms with van der Waals surface area (Å²) < 4.78 is 17.0. The Bertz CT molecular complexity index is 1360. The highest BCUT2D eigenvalue weighted by molar-refractivity contribution is 5.71. The van der Waals surface area contributed by atoms with Crippen LogP contribution in [0.1, 0.15) is 348 Å². The number of allylic oxidation sites excluding steroid dienone is 10. The number of esters is 3. The quantitative estimate of drug-likeness (QED) is 0.0261. The summed E-state index contributed by atoms with van der Waals surface area (Å²) in [5, 5.41) is 0. The molecule has 0 aromatic carbocycles. The second-order valence-corrected chi connectivity index (χ2v) is 22.4. The van der Waals surface area contributed by atoms with Crippen LogP contribution in [0, 0.1) is 0 Å². The highest BCUT2D eigenvalue weighted by Gasteiger charge is 2.19. The Kier molecular flexibility index (Phi) is 62.2. The molecule has 0 fully saturated rings. The Hall–Kier alpha value is -2.89. The molecule has 6 nitrogen and oxygen atoms in total. The second-order valence-electron chi connectivity index (χ2n) is 22.4. The SMILES string of the molecule is CCCCC/C=C\C/C=C\CCCCCCCCCC(=O)OCC(COC(=O)CCCCCCCCCC/C=C\C/C=C\C/C=C\CCCCCCC)OC(=O)CCCCCCCCCCCCCCCCCCCC. The fourth-order valence-corrected chi connectivity index (χ4v) is 9.72. The van der Waals surface area contributed by atoms with Gasteiger partial charge in [-0.3, -0.25) is 14.4 Å². The van der Waals surface area contributed by atoms with E-state index in [9.17, 15) is 14.4 Å². The Labute approximate surface area is 472 Å². The molecular weight excluding hydrogens is 937 g/mol. The summed E-state index contributed by atoms with van der Waals surface area (Å²) >= 11 is 0. The van der Waals surface area contributed by atoms with Gasteiger partial charge in [-0.2, -0.15) is 0 Å². The smallest absolute Gasteiger partial charge is 0.306 e. The van der Waals surface area contributed by atoms with Crippen molar-refractivity contribution in [1.29, 1.82) is 0 Å². The second kappa shape index (κ2) is 64.6. The van der Waals surface area contributed by atoms with Crippen LogP contribution in [0.5, 0.6) is 0 Å². The topological polar surface area (TPSA) is 78.9 Å². The van der Waals surface area contributed by atoms with Gasteiger partial charge in [0.15, 0.2) is 6.10 Å².